The van der Waals surface area contributed by atoms with E-state index in [1.807, 2.05) is 0 Å². The molecule has 2 aromatic heterocycles. The minimum Gasteiger partial charge on any atom is -0.492 e. The second kappa shape index (κ2) is 3.74. The SMILES string of the molecule is CSc1nc2nc(C(F)(F)F)nc(O)c2s1. The average molecular weight is 267 g/mol. The Morgan fingerprint density at radius 1 is 1.25 bits per heavy atom. The van der Waals surface area contributed by atoms with Crippen molar-refractivity contribution in [1.29, 1.82) is 0 Å². The molecule has 0 unspecified atom stereocenters. The minimum atomic E-state index is -4.69. The van der Waals surface area contributed by atoms with Crippen LogP contribution in [0, 0.1) is 0 Å². The highest BCUT2D eigenvalue weighted by molar-refractivity contribution is 8.00. The van der Waals surface area contributed by atoms with E-state index in [2.05, 4.69) is 15.0 Å². The van der Waals surface area contributed by atoms with Gasteiger partial charge in [0.2, 0.25) is 11.7 Å². The van der Waals surface area contributed by atoms with Crippen molar-refractivity contribution in [3.63, 3.8) is 0 Å². The van der Waals surface area contributed by atoms with E-state index < -0.39 is 17.9 Å². The van der Waals surface area contributed by atoms with E-state index in [9.17, 15) is 18.3 Å². The molecule has 2 rings (SSSR count). The Morgan fingerprint density at radius 3 is 2.50 bits per heavy atom. The summed E-state index contributed by atoms with van der Waals surface area (Å²) in [7, 11) is 0. The number of hydrogen-bond acceptors (Lipinski definition) is 6. The van der Waals surface area contributed by atoms with Crippen molar-refractivity contribution in [1.82, 2.24) is 15.0 Å². The normalized spacial score (nSPS) is 12.2. The molecule has 86 valence electrons. The molecule has 0 spiro atoms. The Hall–Kier alpha value is -1.09. The van der Waals surface area contributed by atoms with E-state index in [0.717, 1.165) is 11.3 Å². The molecule has 0 radical (unpaired) electrons. The second-order valence-electron chi connectivity index (χ2n) is 2.71. The van der Waals surface area contributed by atoms with Crippen LogP contribution in [-0.2, 0) is 6.18 Å². The fourth-order valence-electron chi connectivity index (χ4n) is 1.00. The summed E-state index contributed by atoms with van der Waals surface area (Å²) in [5, 5.41) is 9.33. The van der Waals surface area contributed by atoms with Crippen molar-refractivity contribution in [2.24, 2.45) is 0 Å². The molecule has 0 amide bonds. The predicted octanol–water partition coefficient (Wildman–Crippen LogP) is 2.53. The van der Waals surface area contributed by atoms with Gasteiger partial charge in [0, 0.05) is 0 Å². The molecule has 9 heteroatoms. The maximum Gasteiger partial charge on any atom is 0.451 e. The van der Waals surface area contributed by atoms with Crippen LogP contribution in [0.5, 0.6) is 5.88 Å². The first-order chi connectivity index (χ1) is 7.41. The standard InChI is InChI=1S/C7H4F3N3OS2/c1-15-6-12-3-2(16-6)4(14)13-5(11-3)7(8,9)10/h1H3,(H,11,13,14). The Balaban J connectivity index is 2.67. The van der Waals surface area contributed by atoms with Gasteiger partial charge in [-0.15, -0.1) is 11.3 Å². The van der Waals surface area contributed by atoms with Crippen LogP contribution in [-0.4, -0.2) is 26.3 Å². The first-order valence-electron chi connectivity index (χ1n) is 3.90. The van der Waals surface area contributed by atoms with Gasteiger partial charge in [0.05, 0.1) is 0 Å². The number of aromatic nitrogens is 3. The van der Waals surface area contributed by atoms with Crippen molar-refractivity contribution in [3.8, 4) is 5.88 Å². The molecular formula is C7H4F3N3OS2. The number of rotatable bonds is 1. The van der Waals surface area contributed by atoms with Gasteiger partial charge < -0.3 is 5.11 Å². The molecule has 0 fully saturated rings. The van der Waals surface area contributed by atoms with Gasteiger partial charge in [0.1, 0.15) is 4.70 Å². The molecule has 2 heterocycles. The van der Waals surface area contributed by atoms with Crippen LogP contribution < -0.4 is 0 Å². The Kier molecular flexibility index (Phi) is 2.66. The van der Waals surface area contributed by atoms with Crippen molar-refractivity contribution in [3.05, 3.63) is 5.82 Å². The monoisotopic (exact) mass is 267 g/mol. The summed E-state index contributed by atoms with van der Waals surface area (Å²) in [4.78, 5) is 10.1. The number of halogens is 3. The largest absolute Gasteiger partial charge is 0.492 e. The zero-order valence-electron chi connectivity index (χ0n) is 7.74. The number of thioether (sulfide) groups is 1. The van der Waals surface area contributed by atoms with E-state index in [4.69, 9.17) is 0 Å². The zero-order chi connectivity index (χ0) is 11.9. The molecule has 0 saturated carbocycles. The first kappa shape index (κ1) is 11.4. The second-order valence-corrected chi connectivity index (χ2v) is 4.76. The third kappa shape index (κ3) is 1.92. The zero-order valence-corrected chi connectivity index (χ0v) is 9.37. The van der Waals surface area contributed by atoms with Crippen molar-refractivity contribution in [2.45, 2.75) is 10.5 Å². The lowest BCUT2D eigenvalue weighted by molar-refractivity contribution is -0.145. The molecule has 0 aliphatic carbocycles. The predicted molar refractivity (Wildman–Crippen MR) is 53.7 cm³/mol. The Bertz CT molecular complexity index is 539. The molecule has 1 N–H and O–H groups in total. The van der Waals surface area contributed by atoms with Gasteiger partial charge in [-0.05, 0) is 6.26 Å². The molecular weight excluding hydrogens is 263 g/mol. The topological polar surface area (TPSA) is 58.9 Å². The number of nitrogens with zero attached hydrogens (tertiary/aromatic N) is 3. The van der Waals surface area contributed by atoms with Gasteiger partial charge in [-0.1, -0.05) is 11.8 Å². The molecule has 0 atom stereocenters. The molecule has 0 aliphatic heterocycles. The number of alkyl halides is 3. The van der Waals surface area contributed by atoms with Crippen LogP contribution in [0.4, 0.5) is 13.2 Å². The van der Waals surface area contributed by atoms with Gasteiger partial charge in [-0.3, -0.25) is 0 Å². The quantitative estimate of drug-likeness (QED) is 0.804. The third-order valence-corrected chi connectivity index (χ3v) is 3.67. The van der Waals surface area contributed by atoms with E-state index >= 15 is 0 Å². The molecule has 4 nitrogen and oxygen atoms in total. The van der Waals surface area contributed by atoms with E-state index in [1.165, 1.54) is 11.8 Å². The van der Waals surface area contributed by atoms with Crippen LogP contribution in [0.2, 0.25) is 0 Å². The lowest BCUT2D eigenvalue weighted by Gasteiger charge is -2.03. The lowest BCUT2D eigenvalue weighted by atomic mass is 10.5. The third-order valence-electron chi connectivity index (χ3n) is 1.64. The minimum absolute atomic E-state index is 0.130. The maximum absolute atomic E-state index is 12.3. The highest BCUT2D eigenvalue weighted by atomic mass is 32.2. The van der Waals surface area contributed by atoms with Crippen LogP contribution in [0.1, 0.15) is 5.82 Å². The lowest BCUT2D eigenvalue weighted by Crippen LogP contribution is -2.10. The smallest absolute Gasteiger partial charge is 0.451 e. The molecule has 0 bridgehead atoms. The van der Waals surface area contributed by atoms with Crippen LogP contribution in [0.25, 0.3) is 10.3 Å². The number of thiazole rings is 1. The van der Waals surface area contributed by atoms with Gasteiger partial charge in [-0.25, -0.2) is 9.97 Å². The summed E-state index contributed by atoms with van der Waals surface area (Å²) < 4.78 is 37.6. The fourth-order valence-corrected chi connectivity index (χ4v) is 2.39. The average Bonchev–Trinajstić information content (AvgIpc) is 2.59. The molecule has 16 heavy (non-hydrogen) atoms. The van der Waals surface area contributed by atoms with Gasteiger partial charge >= 0.3 is 6.18 Å². The maximum atomic E-state index is 12.3. The highest BCUT2D eigenvalue weighted by Gasteiger charge is 2.36. The number of fused-ring (bicyclic) bond motifs is 1. The Labute approximate surface area is 95.6 Å². The van der Waals surface area contributed by atoms with E-state index in [-0.39, 0.29) is 10.3 Å². The highest BCUT2D eigenvalue weighted by Crippen LogP contribution is 2.35. The summed E-state index contributed by atoms with van der Waals surface area (Å²) in [5.41, 5.74) is -0.130. The van der Waals surface area contributed by atoms with E-state index in [1.54, 1.807) is 6.26 Å². The van der Waals surface area contributed by atoms with E-state index in [0.29, 0.717) is 4.34 Å². The molecule has 0 aromatic carbocycles. The summed E-state index contributed by atoms with van der Waals surface area (Å²) >= 11 is 2.32. The fraction of sp³-hybridized carbons (Fsp3) is 0.286. The van der Waals surface area contributed by atoms with Crippen molar-refractivity contribution < 1.29 is 18.3 Å². The van der Waals surface area contributed by atoms with Gasteiger partial charge in [-0.2, -0.15) is 18.2 Å². The summed E-state index contributed by atoms with van der Waals surface area (Å²) in [5.74, 6) is -2.06. The van der Waals surface area contributed by atoms with Crippen LogP contribution >= 0.6 is 23.1 Å². The molecule has 0 aliphatic rings. The number of aromatic hydroxyl groups is 1. The summed E-state index contributed by atoms with van der Waals surface area (Å²) in [6.45, 7) is 0. The van der Waals surface area contributed by atoms with Crippen molar-refractivity contribution in [2.75, 3.05) is 6.26 Å². The molecule has 2 aromatic rings. The number of hydrogen-bond donors (Lipinski definition) is 1. The van der Waals surface area contributed by atoms with Crippen LogP contribution in [0.3, 0.4) is 0 Å². The Morgan fingerprint density at radius 2 is 1.94 bits per heavy atom. The van der Waals surface area contributed by atoms with Crippen molar-refractivity contribution >= 4 is 33.4 Å². The van der Waals surface area contributed by atoms with Gasteiger partial charge in [0.15, 0.2) is 9.99 Å². The van der Waals surface area contributed by atoms with Crippen LogP contribution in [0.15, 0.2) is 4.34 Å². The summed E-state index contributed by atoms with van der Waals surface area (Å²) in [6.07, 6.45) is -2.96. The first-order valence-corrected chi connectivity index (χ1v) is 5.94. The molecule has 0 saturated heterocycles. The summed E-state index contributed by atoms with van der Waals surface area (Å²) in [6, 6.07) is 0. The van der Waals surface area contributed by atoms with Gasteiger partial charge in [0.25, 0.3) is 0 Å².